The molecule has 0 spiro atoms. The Morgan fingerprint density at radius 3 is 1.36 bits per heavy atom. The molecule has 3 aromatic carbocycles. The van der Waals surface area contributed by atoms with Gasteiger partial charge in [-0.2, -0.15) is 0 Å². The van der Waals surface area contributed by atoms with Crippen molar-refractivity contribution in [3.8, 4) is 11.5 Å². The molecule has 138 valence electrons. The third kappa shape index (κ3) is 3.35. The van der Waals surface area contributed by atoms with E-state index in [1.54, 1.807) is 14.2 Å². The highest BCUT2D eigenvalue weighted by Crippen LogP contribution is 2.39. The second-order valence-corrected chi connectivity index (χ2v) is 6.54. The van der Waals surface area contributed by atoms with Crippen LogP contribution in [0.25, 0.3) is 23.3 Å². The molecule has 0 aromatic heterocycles. The maximum Gasteiger partial charge on any atom is 0.194 e. The zero-order chi connectivity index (χ0) is 19.5. The molecule has 3 nitrogen and oxygen atoms in total. The lowest BCUT2D eigenvalue weighted by Crippen LogP contribution is -1.94. The normalized spacial score (nSPS) is 15.7. The topological polar surface area (TPSA) is 35.5 Å². The molecule has 1 aliphatic rings. The zero-order valence-corrected chi connectivity index (χ0v) is 15.8. The Morgan fingerprint density at radius 2 is 1.00 bits per heavy atom. The monoisotopic (exact) mass is 368 g/mol. The van der Waals surface area contributed by atoms with Crippen LogP contribution < -0.4 is 9.47 Å². The average molecular weight is 368 g/mol. The molecule has 3 aromatic rings. The van der Waals surface area contributed by atoms with Crippen molar-refractivity contribution in [3.05, 3.63) is 95.1 Å². The van der Waals surface area contributed by atoms with Gasteiger partial charge in [-0.15, -0.1) is 0 Å². The maximum absolute atomic E-state index is 13.2. The van der Waals surface area contributed by atoms with E-state index in [9.17, 15) is 4.79 Å². The highest BCUT2D eigenvalue weighted by molar-refractivity contribution is 6.51. The van der Waals surface area contributed by atoms with Crippen molar-refractivity contribution in [2.75, 3.05) is 14.2 Å². The van der Waals surface area contributed by atoms with Gasteiger partial charge in [0.05, 0.1) is 14.2 Å². The molecule has 28 heavy (non-hydrogen) atoms. The highest BCUT2D eigenvalue weighted by Gasteiger charge is 2.29. The quantitative estimate of drug-likeness (QED) is 0.581. The molecule has 0 unspecified atom stereocenters. The fourth-order valence-electron chi connectivity index (χ4n) is 3.36. The summed E-state index contributed by atoms with van der Waals surface area (Å²) in [4.78, 5) is 13.2. The second-order valence-electron chi connectivity index (χ2n) is 6.54. The van der Waals surface area contributed by atoms with Crippen LogP contribution in [-0.4, -0.2) is 20.0 Å². The Morgan fingerprint density at radius 1 is 0.607 bits per heavy atom. The van der Waals surface area contributed by atoms with E-state index in [1.165, 1.54) is 0 Å². The number of methoxy groups -OCH3 is 2. The predicted octanol–water partition coefficient (Wildman–Crippen LogP) is 5.37. The minimum absolute atomic E-state index is 0.0350. The number of rotatable bonds is 4. The Balaban J connectivity index is 1.76. The van der Waals surface area contributed by atoms with Crippen LogP contribution in [0.2, 0.25) is 0 Å². The fraction of sp³-hybridized carbons (Fsp3) is 0.0800. The maximum atomic E-state index is 13.2. The molecule has 0 atom stereocenters. The van der Waals surface area contributed by atoms with Crippen LogP contribution in [0, 0.1) is 0 Å². The lowest BCUT2D eigenvalue weighted by atomic mass is 10.0. The van der Waals surface area contributed by atoms with Gasteiger partial charge in [0, 0.05) is 11.1 Å². The first kappa shape index (κ1) is 17.8. The van der Waals surface area contributed by atoms with Crippen molar-refractivity contribution >= 4 is 29.1 Å². The molecular weight excluding hydrogens is 348 g/mol. The third-order valence-electron chi connectivity index (χ3n) is 4.85. The van der Waals surface area contributed by atoms with Crippen molar-refractivity contribution in [3.63, 3.8) is 0 Å². The van der Waals surface area contributed by atoms with E-state index in [1.807, 2.05) is 84.9 Å². The molecule has 0 radical (unpaired) electrons. The summed E-state index contributed by atoms with van der Waals surface area (Å²) >= 11 is 0. The molecule has 0 N–H and O–H groups in total. The summed E-state index contributed by atoms with van der Waals surface area (Å²) in [5.74, 6) is 1.62. The number of Topliss-reactive ketones (excluding diaryl/α,β-unsaturated/α-hetero) is 1. The summed E-state index contributed by atoms with van der Waals surface area (Å²) < 4.78 is 10.4. The minimum Gasteiger partial charge on any atom is -0.497 e. The van der Waals surface area contributed by atoms with Crippen LogP contribution in [0.5, 0.6) is 11.5 Å². The van der Waals surface area contributed by atoms with E-state index in [2.05, 4.69) is 0 Å². The molecule has 0 saturated heterocycles. The van der Waals surface area contributed by atoms with Crippen molar-refractivity contribution in [1.29, 1.82) is 0 Å². The predicted molar refractivity (Wildman–Crippen MR) is 113 cm³/mol. The molecule has 0 aliphatic heterocycles. The van der Waals surface area contributed by atoms with Gasteiger partial charge < -0.3 is 9.47 Å². The number of carbonyl (C=O) groups excluding carboxylic acids is 1. The summed E-state index contributed by atoms with van der Waals surface area (Å²) in [6.07, 6.45) is 3.88. The SMILES string of the molecule is COc1ccc(/C=C2\C(=O)/C(=C/c3ccc(OC)cc3)c3ccccc32)cc1. The largest absolute Gasteiger partial charge is 0.497 e. The molecule has 0 amide bonds. The van der Waals surface area contributed by atoms with E-state index in [4.69, 9.17) is 9.47 Å². The zero-order valence-electron chi connectivity index (χ0n) is 15.8. The summed E-state index contributed by atoms with van der Waals surface area (Å²) in [5, 5.41) is 0. The van der Waals surface area contributed by atoms with Crippen LogP contribution in [0.4, 0.5) is 0 Å². The summed E-state index contributed by atoms with van der Waals surface area (Å²) in [6, 6.07) is 23.3. The standard InChI is InChI=1S/C25H20O3/c1-27-19-11-7-17(8-12-19)15-23-21-5-3-4-6-22(21)24(25(23)26)16-18-9-13-20(28-2)14-10-18/h3-16H,1-2H3/b23-15-,24-16+. The number of ether oxygens (including phenoxy) is 2. The van der Waals surface area contributed by atoms with Crippen LogP contribution in [-0.2, 0) is 4.79 Å². The molecule has 0 saturated carbocycles. The Hall–Kier alpha value is -3.59. The fourth-order valence-corrected chi connectivity index (χ4v) is 3.36. The number of fused-ring (bicyclic) bond motifs is 1. The smallest absolute Gasteiger partial charge is 0.194 e. The lowest BCUT2D eigenvalue weighted by Gasteiger charge is -2.02. The van der Waals surface area contributed by atoms with Crippen molar-refractivity contribution in [1.82, 2.24) is 0 Å². The molecule has 1 aliphatic carbocycles. The Kier molecular flexibility index (Phi) is 4.81. The number of hydrogen-bond donors (Lipinski definition) is 0. The summed E-state index contributed by atoms with van der Waals surface area (Å²) in [6.45, 7) is 0. The second kappa shape index (κ2) is 7.57. The average Bonchev–Trinajstić information content (AvgIpc) is 3.01. The van der Waals surface area contributed by atoms with Gasteiger partial charge in [-0.05, 0) is 58.7 Å². The van der Waals surface area contributed by atoms with Crippen LogP contribution in [0.15, 0.2) is 72.8 Å². The summed E-state index contributed by atoms with van der Waals surface area (Å²) in [5.41, 5.74) is 5.27. The van der Waals surface area contributed by atoms with Crippen LogP contribution in [0.1, 0.15) is 22.3 Å². The van der Waals surface area contributed by atoms with E-state index in [0.717, 1.165) is 33.8 Å². The highest BCUT2D eigenvalue weighted by atomic mass is 16.5. The Labute approximate surface area is 164 Å². The molecule has 0 bridgehead atoms. The van der Waals surface area contributed by atoms with Crippen LogP contribution >= 0.6 is 0 Å². The lowest BCUT2D eigenvalue weighted by molar-refractivity contribution is -0.108. The van der Waals surface area contributed by atoms with E-state index < -0.39 is 0 Å². The summed E-state index contributed by atoms with van der Waals surface area (Å²) in [7, 11) is 3.28. The van der Waals surface area contributed by atoms with Gasteiger partial charge >= 0.3 is 0 Å². The first-order valence-electron chi connectivity index (χ1n) is 9.05. The van der Waals surface area contributed by atoms with Crippen molar-refractivity contribution in [2.45, 2.75) is 0 Å². The number of hydrogen-bond acceptors (Lipinski definition) is 3. The third-order valence-corrected chi connectivity index (χ3v) is 4.85. The van der Waals surface area contributed by atoms with Crippen molar-refractivity contribution in [2.24, 2.45) is 0 Å². The van der Waals surface area contributed by atoms with Gasteiger partial charge in [-0.1, -0.05) is 48.5 Å². The molecular formula is C25H20O3. The van der Waals surface area contributed by atoms with E-state index >= 15 is 0 Å². The number of benzene rings is 3. The molecule has 3 heteroatoms. The van der Waals surface area contributed by atoms with E-state index in [0.29, 0.717) is 11.1 Å². The van der Waals surface area contributed by atoms with Crippen LogP contribution in [0.3, 0.4) is 0 Å². The molecule has 0 fully saturated rings. The van der Waals surface area contributed by atoms with Gasteiger partial charge in [0.2, 0.25) is 0 Å². The first-order chi connectivity index (χ1) is 13.7. The van der Waals surface area contributed by atoms with Gasteiger partial charge in [0.15, 0.2) is 5.78 Å². The van der Waals surface area contributed by atoms with E-state index in [-0.39, 0.29) is 5.78 Å². The van der Waals surface area contributed by atoms with Crippen molar-refractivity contribution < 1.29 is 14.3 Å². The van der Waals surface area contributed by atoms with Gasteiger partial charge in [-0.25, -0.2) is 0 Å². The van der Waals surface area contributed by atoms with Gasteiger partial charge in [0.1, 0.15) is 11.5 Å². The first-order valence-corrected chi connectivity index (χ1v) is 9.05. The number of allylic oxidation sites excluding steroid dienone is 2. The van der Waals surface area contributed by atoms with Gasteiger partial charge in [-0.3, -0.25) is 4.79 Å². The number of carbonyl (C=O) groups is 1. The number of ketones is 1. The minimum atomic E-state index is 0.0350. The Bertz CT molecular complexity index is 985. The molecule has 0 heterocycles. The molecule has 4 rings (SSSR count). The van der Waals surface area contributed by atoms with Gasteiger partial charge in [0.25, 0.3) is 0 Å².